The molecule has 1 saturated carbocycles. The second-order valence-corrected chi connectivity index (χ2v) is 5.83. The van der Waals surface area contributed by atoms with Crippen LogP contribution in [0.15, 0.2) is 23.2 Å². The second-order valence-electron chi connectivity index (χ2n) is 4.96. The van der Waals surface area contributed by atoms with Crippen LogP contribution in [0.5, 0.6) is 0 Å². The van der Waals surface area contributed by atoms with Crippen LogP contribution in [0.25, 0.3) is 0 Å². The highest BCUT2D eigenvalue weighted by molar-refractivity contribution is 14.0. The zero-order valence-corrected chi connectivity index (χ0v) is 15.6. The van der Waals surface area contributed by atoms with Gasteiger partial charge in [-0.15, -0.1) is 24.0 Å². The summed E-state index contributed by atoms with van der Waals surface area (Å²) in [4.78, 5) is 4.60. The van der Waals surface area contributed by atoms with Crippen LogP contribution in [0.3, 0.4) is 0 Å². The number of halogens is 2. The summed E-state index contributed by atoms with van der Waals surface area (Å²) < 4.78 is 13.3. The van der Waals surface area contributed by atoms with Gasteiger partial charge in [-0.2, -0.15) is 11.8 Å². The van der Waals surface area contributed by atoms with Crippen LogP contribution in [0.1, 0.15) is 30.9 Å². The number of guanidine groups is 1. The Morgan fingerprint density at radius 2 is 2.14 bits per heavy atom. The van der Waals surface area contributed by atoms with E-state index in [1.807, 2.05) is 12.3 Å². The number of aliphatic imine (C=N–C) groups is 1. The van der Waals surface area contributed by atoms with Gasteiger partial charge in [-0.3, -0.25) is 0 Å². The van der Waals surface area contributed by atoms with E-state index in [1.54, 1.807) is 17.8 Å². The molecule has 0 saturated heterocycles. The third-order valence-corrected chi connectivity index (χ3v) is 3.74. The lowest BCUT2D eigenvalue weighted by atomic mass is 10.1. The molecule has 1 aliphatic rings. The molecule has 0 spiro atoms. The third-order valence-electron chi connectivity index (χ3n) is 3.14. The first-order chi connectivity index (χ1) is 9.72. The lowest BCUT2D eigenvalue weighted by molar-refractivity contribution is 0.625. The van der Waals surface area contributed by atoms with Gasteiger partial charge in [0, 0.05) is 18.3 Å². The van der Waals surface area contributed by atoms with Crippen molar-refractivity contribution < 1.29 is 4.39 Å². The number of rotatable bonds is 6. The standard InChI is InChI=1S/C15H22FN3S.HI/c1-3-17-15(19-14-6-7-14)18-9-11-4-5-13(16)8-12(11)10-20-2;/h4-5,8,14H,3,6-7,9-10H2,1-2H3,(H2,17,18,19);1H. The minimum Gasteiger partial charge on any atom is -0.357 e. The molecule has 1 aromatic carbocycles. The molecule has 2 N–H and O–H groups in total. The predicted molar refractivity (Wildman–Crippen MR) is 100 cm³/mol. The molecular formula is C15H23FIN3S. The molecule has 6 heteroatoms. The van der Waals surface area contributed by atoms with E-state index in [4.69, 9.17) is 0 Å². The lowest BCUT2D eigenvalue weighted by Gasteiger charge is -2.11. The Balaban J connectivity index is 0.00000220. The largest absolute Gasteiger partial charge is 0.357 e. The molecule has 3 nitrogen and oxygen atoms in total. The first kappa shape index (κ1) is 18.5. The Morgan fingerprint density at radius 1 is 1.38 bits per heavy atom. The molecule has 1 fully saturated rings. The van der Waals surface area contributed by atoms with Crippen molar-refractivity contribution in [2.24, 2.45) is 4.99 Å². The lowest BCUT2D eigenvalue weighted by Crippen LogP contribution is -2.38. The average Bonchev–Trinajstić information content (AvgIpc) is 3.22. The van der Waals surface area contributed by atoms with Gasteiger partial charge in [0.2, 0.25) is 0 Å². The highest BCUT2D eigenvalue weighted by atomic mass is 127. The molecule has 0 aliphatic heterocycles. The highest BCUT2D eigenvalue weighted by Gasteiger charge is 2.22. The summed E-state index contributed by atoms with van der Waals surface area (Å²) >= 11 is 1.70. The number of hydrogen-bond donors (Lipinski definition) is 2. The van der Waals surface area contributed by atoms with Crippen molar-refractivity contribution in [3.8, 4) is 0 Å². The zero-order chi connectivity index (χ0) is 14.4. The van der Waals surface area contributed by atoms with Crippen molar-refractivity contribution in [2.75, 3.05) is 12.8 Å². The van der Waals surface area contributed by atoms with E-state index in [1.165, 1.54) is 18.9 Å². The molecule has 118 valence electrons. The maximum absolute atomic E-state index is 13.3. The molecule has 0 aromatic heterocycles. The van der Waals surface area contributed by atoms with E-state index < -0.39 is 0 Å². The zero-order valence-electron chi connectivity index (χ0n) is 12.5. The number of nitrogens with zero attached hydrogens (tertiary/aromatic N) is 1. The van der Waals surface area contributed by atoms with Gasteiger partial charge in [0.05, 0.1) is 6.54 Å². The van der Waals surface area contributed by atoms with Gasteiger partial charge in [-0.25, -0.2) is 9.38 Å². The minimum absolute atomic E-state index is 0. The van der Waals surface area contributed by atoms with Gasteiger partial charge in [-0.05, 0) is 49.3 Å². The Bertz CT molecular complexity index is 478. The fraction of sp³-hybridized carbons (Fsp3) is 0.533. The van der Waals surface area contributed by atoms with Crippen molar-refractivity contribution in [2.45, 2.75) is 38.1 Å². The van der Waals surface area contributed by atoms with Gasteiger partial charge in [0.1, 0.15) is 5.82 Å². The van der Waals surface area contributed by atoms with Gasteiger partial charge in [-0.1, -0.05) is 6.07 Å². The topological polar surface area (TPSA) is 36.4 Å². The summed E-state index contributed by atoms with van der Waals surface area (Å²) in [5, 5.41) is 6.63. The number of hydrogen-bond acceptors (Lipinski definition) is 2. The van der Waals surface area contributed by atoms with Gasteiger partial charge < -0.3 is 10.6 Å². The summed E-state index contributed by atoms with van der Waals surface area (Å²) in [6.07, 6.45) is 4.47. The Morgan fingerprint density at radius 3 is 2.76 bits per heavy atom. The Kier molecular flexibility index (Phi) is 8.39. The maximum atomic E-state index is 13.3. The van der Waals surface area contributed by atoms with Crippen LogP contribution in [0, 0.1) is 5.82 Å². The predicted octanol–water partition coefficient (Wildman–Crippen LogP) is 3.52. The van der Waals surface area contributed by atoms with Gasteiger partial charge in [0.15, 0.2) is 5.96 Å². The summed E-state index contributed by atoms with van der Waals surface area (Å²) in [7, 11) is 0. The highest BCUT2D eigenvalue weighted by Crippen LogP contribution is 2.19. The first-order valence-electron chi connectivity index (χ1n) is 7.04. The van der Waals surface area contributed by atoms with Crippen molar-refractivity contribution >= 4 is 41.7 Å². The SMILES string of the molecule is CCNC(=NCc1ccc(F)cc1CSC)NC1CC1.I. The molecule has 1 aromatic rings. The summed E-state index contributed by atoms with van der Waals surface area (Å²) in [5.74, 6) is 1.49. The average molecular weight is 423 g/mol. The van der Waals surface area contributed by atoms with Gasteiger partial charge in [0.25, 0.3) is 0 Å². The molecule has 0 unspecified atom stereocenters. The second kappa shape index (κ2) is 9.50. The Hall–Kier alpha value is -0.500. The van der Waals surface area contributed by atoms with Crippen LogP contribution < -0.4 is 10.6 Å². The molecule has 0 heterocycles. The minimum atomic E-state index is -0.176. The van der Waals surface area contributed by atoms with Crippen molar-refractivity contribution in [1.29, 1.82) is 0 Å². The first-order valence-corrected chi connectivity index (χ1v) is 8.43. The molecule has 0 bridgehead atoms. The summed E-state index contributed by atoms with van der Waals surface area (Å²) in [6.45, 7) is 3.49. The van der Waals surface area contributed by atoms with Crippen LogP contribution in [-0.2, 0) is 12.3 Å². The molecule has 0 radical (unpaired) electrons. The molecule has 21 heavy (non-hydrogen) atoms. The monoisotopic (exact) mass is 423 g/mol. The number of benzene rings is 1. The molecule has 0 atom stereocenters. The van der Waals surface area contributed by atoms with Crippen molar-refractivity contribution in [1.82, 2.24) is 10.6 Å². The van der Waals surface area contributed by atoms with E-state index in [9.17, 15) is 4.39 Å². The fourth-order valence-corrected chi connectivity index (χ4v) is 2.52. The quantitative estimate of drug-likeness (QED) is 0.418. The van der Waals surface area contributed by atoms with Crippen LogP contribution in [-0.4, -0.2) is 24.8 Å². The van der Waals surface area contributed by atoms with E-state index in [-0.39, 0.29) is 29.8 Å². The maximum Gasteiger partial charge on any atom is 0.191 e. The number of nitrogens with one attached hydrogen (secondary N) is 2. The third kappa shape index (κ3) is 6.42. The van der Waals surface area contributed by atoms with Crippen LogP contribution >= 0.6 is 35.7 Å². The van der Waals surface area contributed by atoms with E-state index in [0.29, 0.717) is 12.6 Å². The molecule has 1 aliphatic carbocycles. The molecule has 0 amide bonds. The van der Waals surface area contributed by atoms with Crippen molar-refractivity contribution in [3.63, 3.8) is 0 Å². The summed E-state index contributed by atoms with van der Waals surface area (Å²) in [5.41, 5.74) is 2.12. The van der Waals surface area contributed by atoms with Crippen molar-refractivity contribution in [3.05, 3.63) is 35.1 Å². The molecule has 2 rings (SSSR count). The van der Waals surface area contributed by atoms with Crippen LogP contribution in [0.4, 0.5) is 4.39 Å². The van der Waals surface area contributed by atoms with Crippen LogP contribution in [0.2, 0.25) is 0 Å². The number of thioether (sulfide) groups is 1. The fourth-order valence-electron chi connectivity index (χ4n) is 1.94. The van der Waals surface area contributed by atoms with E-state index in [2.05, 4.69) is 22.5 Å². The van der Waals surface area contributed by atoms with E-state index >= 15 is 0 Å². The smallest absolute Gasteiger partial charge is 0.191 e. The normalized spacial score (nSPS) is 14.5. The summed E-state index contributed by atoms with van der Waals surface area (Å²) in [6, 6.07) is 5.54. The van der Waals surface area contributed by atoms with Gasteiger partial charge >= 0.3 is 0 Å². The molecular weight excluding hydrogens is 400 g/mol. The van der Waals surface area contributed by atoms with E-state index in [0.717, 1.165) is 29.4 Å². The Labute approximate surface area is 147 Å².